The molecule has 0 aromatic heterocycles. The molecular formula is C10H12N4O4S. The van der Waals surface area contributed by atoms with Gasteiger partial charge in [0.2, 0.25) is 10.0 Å². The van der Waals surface area contributed by atoms with Crippen LogP contribution in [0.5, 0.6) is 0 Å². The molecule has 8 nitrogen and oxygen atoms in total. The van der Waals surface area contributed by atoms with Gasteiger partial charge in [-0.15, -0.1) is 0 Å². The Morgan fingerprint density at radius 1 is 1.37 bits per heavy atom. The standard InChI is InChI=1S/C10H12N4O4S/c11-8(15)10(19(12,16)17)6-18-9(14-10)13-7-4-2-1-3-5-7/h1-5H,6H2,(H2,11,15)(H,13,14)(H2,12,16,17). The highest BCUT2D eigenvalue weighted by molar-refractivity contribution is 7.91. The highest BCUT2D eigenvalue weighted by atomic mass is 32.2. The molecule has 1 aromatic rings. The highest BCUT2D eigenvalue weighted by Crippen LogP contribution is 2.24. The summed E-state index contributed by atoms with van der Waals surface area (Å²) in [6.07, 6.45) is 0. The van der Waals surface area contributed by atoms with E-state index in [2.05, 4.69) is 10.3 Å². The quantitative estimate of drug-likeness (QED) is 0.650. The number of amides is 1. The van der Waals surface area contributed by atoms with Crippen molar-refractivity contribution in [3.8, 4) is 0 Å². The van der Waals surface area contributed by atoms with Crippen molar-refractivity contribution in [2.75, 3.05) is 11.9 Å². The third-order valence-electron chi connectivity index (χ3n) is 2.57. The van der Waals surface area contributed by atoms with Crippen LogP contribution >= 0.6 is 0 Å². The second-order valence-electron chi connectivity index (χ2n) is 3.89. The molecule has 1 heterocycles. The number of amidine groups is 1. The summed E-state index contributed by atoms with van der Waals surface area (Å²) < 4.78 is 28.0. The number of sulfonamides is 1. The van der Waals surface area contributed by atoms with E-state index >= 15 is 0 Å². The van der Waals surface area contributed by atoms with Gasteiger partial charge >= 0.3 is 0 Å². The number of nitrogens with two attached hydrogens (primary N) is 2. The molecule has 0 radical (unpaired) electrons. The summed E-state index contributed by atoms with van der Waals surface area (Å²) >= 11 is 0. The summed E-state index contributed by atoms with van der Waals surface area (Å²) in [7, 11) is -4.32. The van der Waals surface area contributed by atoms with Crippen molar-refractivity contribution in [1.82, 2.24) is 0 Å². The molecule has 1 aliphatic rings. The lowest BCUT2D eigenvalue weighted by atomic mass is 10.3. The number of primary amides is 1. The summed E-state index contributed by atoms with van der Waals surface area (Å²) in [6.45, 7) is -0.545. The van der Waals surface area contributed by atoms with Crippen molar-refractivity contribution >= 4 is 27.6 Å². The zero-order chi connectivity index (χ0) is 14.1. The average molecular weight is 284 g/mol. The van der Waals surface area contributed by atoms with Crippen LogP contribution in [-0.2, 0) is 19.6 Å². The van der Waals surface area contributed by atoms with Crippen molar-refractivity contribution in [2.45, 2.75) is 4.87 Å². The zero-order valence-electron chi connectivity index (χ0n) is 9.74. The van der Waals surface area contributed by atoms with Crippen LogP contribution in [0, 0.1) is 0 Å². The Bertz CT molecular complexity index is 628. The molecule has 1 unspecified atom stereocenters. The van der Waals surface area contributed by atoms with E-state index in [9.17, 15) is 13.2 Å². The van der Waals surface area contributed by atoms with E-state index in [1.54, 1.807) is 30.3 Å². The maximum absolute atomic E-state index is 11.5. The number of primary sulfonamides is 1. The van der Waals surface area contributed by atoms with Gasteiger partial charge in [-0.05, 0) is 12.1 Å². The van der Waals surface area contributed by atoms with Gasteiger partial charge in [0.25, 0.3) is 16.8 Å². The Hall–Kier alpha value is -2.13. The molecule has 9 heteroatoms. The number of hydrogen-bond acceptors (Lipinski definition) is 6. The molecule has 0 spiro atoms. The first-order valence-corrected chi connectivity index (χ1v) is 6.77. The summed E-state index contributed by atoms with van der Waals surface area (Å²) in [5, 5.41) is 7.71. The number of aliphatic imine (C=N–C) groups is 1. The second kappa shape index (κ2) is 4.52. The molecule has 5 N–H and O–H groups in total. The normalized spacial score (nSPS) is 22.5. The minimum atomic E-state index is -4.32. The molecule has 1 amide bonds. The first-order chi connectivity index (χ1) is 8.85. The summed E-state index contributed by atoms with van der Waals surface area (Å²) in [5.41, 5.74) is 5.68. The van der Waals surface area contributed by atoms with E-state index in [0.717, 1.165) is 0 Å². The van der Waals surface area contributed by atoms with Crippen molar-refractivity contribution in [3.05, 3.63) is 30.3 Å². The molecule has 1 atom stereocenters. The van der Waals surface area contributed by atoms with Crippen LogP contribution in [0.4, 0.5) is 5.69 Å². The maximum Gasteiger partial charge on any atom is 0.291 e. The van der Waals surface area contributed by atoms with E-state index in [0.29, 0.717) is 5.69 Å². The molecule has 0 fully saturated rings. The molecule has 2 rings (SSSR count). The molecule has 0 saturated carbocycles. The molecule has 0 aliphatic carbocycles. The molecule has 102 valence electrons. The lowest BCUT2D eigenvalue weighted by molar-refractivity contribution is -0.120. The van der Waals surface area contributed by atoms with Crippen LogP contribution in [-0.4, -0.2) is 31.8 Å². The number of nitrogens with zero attached hydrogens (tertiary/aromatic N) is 1. The smallest absolute Gasteiger partial charge is 0.291 e. The van der Waals surface area contributed by atoms with Crippen molar-refractivity contribution < 1.29 is 17.9 Å². The summed E-state index contributed by atoms with van der Waals surface area (Å²) in [6, 6.07) is 8.64. The van der Waals surface area contributed by atoms with Gasteiger partial charge in [-0.2, -0.15) is 4.99 Å². The Labute approximate surface area is 109 Å². The third kappa shape index (κ3) is 2.37. The van der Waals surface area contributed by atoms with Gasteiger partial charge in [-0.3, -0.25) is 4.79 Å². The van der Waals surface area contributed by atoms with Gasteiger partial charge in [0.1, 0.15) is 6.61 Å². The van der Waals surface area contributed by atoms with Gasteiger partial charge < -0.3 is 15.8 Å². The van der Waals surface area contributed by atoms with Gasteiger partial charge in [0.05, 0.1) is 0 Å². The molecule has 0 saturated heterocycles. The topological polar surface area (TPSA) is 137 Å². The number of benzene rings is 1. The van der Waals surface area contributed by atoms with Crippen molar-refractivity contribution in [3.63, 3.8) is 0 Å². The predicted octanol–water partition coefficient (Wildman–Crippen LogP) is -1.05. The van der Waals surface area contributed by atoms with Crippen molar-refractivity contribution in [2.24, 2.45) is 15.9 Å². The first kappa shape index (κ1) is 13.3. The van der Waals surface area contributed by atoms with Crippen molar-refractivity contribution in [1.29, 1.82) is 0 Å². The summed E-state index contributed by atoms with van der Waals surface area (Å²) in [5.74, 6) is -1.18. The van der Waals surface area contributed by atoms with Crippen LogP contribution in [0.3, 0.4) is 0 Å². The summed E-state index contributed by atoms with van der Waals surface area (Å²) in [4.78, 5) is 12.7. The van der Waals surface area contributed by atoms with Crippen LogP contribution < -0.4 is 16.2 Å². The van der Waals surface area contributed by atoms with Gasteiger partial charge in [0.15, 0.2) is 0 Å². The van der Waals surface area contributed by atoms with Crippen LogP contribution in [0.2, 0.25) is 0 Å². The van der Waals surface area contributed by atoms with E-state index in [4.69, 9.17) is 15.6 Å². The monoisotopic (exact) mass is 284 g/mol. The Morgan fingerprint density at radius 3 is 2.47 bits per heavy atom. The van der Waals surface area contributed by atoms with Crippen LogP contribution in [0.15, 0.2) is 35.3 Å². The zero-order valence-corrected chi connectivity index (χ0v) is 10.6. The minimum absolute atomic E-state index is 0.126. The van der Waals surface area contributed by atoms with Crippen LogP contribution in [0.1, 0.15) is 0 Å². The Kier molecular flexibility index (Phi) is 3.16. The molecule has 0 bridgehead atoms. The lowest BCUT2D eigenvalue weighted by Crippen LogP contribution is -2.53. The fourth-order valence-corrected chi connectivity index (χ4v) is 2.23. The number of carbonyl (C=O) groups excluding carboxylic acids is 1. The van der Waals surface area contributed by atoms with Gasteiger partial charge in [-0.1, -0.05) is 18.2 Å². The molecule has 19 heavy (non-hydrogen) atoms. The van der Waals surface area contributed by atoms with Crippen LogP contribution in [0.25, 0.3) is 0 Å². The predicted molar refractivity (Wildman–Crippen MR) is 68.5 cm³/mol. The maximum atomic E-state index is 11.5. The second-order valence-corrected chi connectivity index (χ2v) is 5.66. The molecular weight excluding hydrogens is 272 g/mol. The highest BCUT2D eigenvalue weighted by Gasteiger charge is 2.53. The number of carbonyl (C=O) groups is 1. The number of nitrogens with one attached hydrogen (secondary N) is 1. The Morgan fingerprint density at radius 2 is 2.00 bits per heavy atom. The number of para-hydroxylation sites is 1. The van der Waals surface area contributed by atoms with E-state index in [1.165, 1.54) is 0 Å². The average Bonchev–Trinajstić information content (AvgIpc) is 2.75. The van der Waals surface area contributed by atoms with Gasteiger partial charge in [-0.25, -0.2) is 13.6 Å². The number of ether oxygens (including phenoxy) is 1. The van der Waals surface area contributed by atoms with E-state index < -0.39 is 27.4 Å². The van der Waals surface area contributed by atoms with Gasteiger partial charge in [0, 0.05) is 5.69 Å². The number of hydrogen-bond donors (Lipinski definition) is 3. The molecule has 1 aromatic carbocycles. The largest absolute Gasteiger partial charge is 0.461 e. The van der Waals surface area contributed by atoms with E-state index in [1.807, 2.05) is 0 Å². The fraction of sp³-hybridized carbons (Fsp3) is 0.200. The molecule has 1 aliphatic heterocycles. The third-order valence-corrected chi connectivity index (χ3v) is 3.92. The Balaban J connectivity index is 2.31. The minimum Gasteiger partial charge on any atom is -0.461 e. The first-order valence-electron chi connectivity index (χ1n) is 5.22. The lowest BCUT2D eigenvalue weighted by Gasteiger charge is -2.16. The SMILES string of the molecule is NC(=O)C1(S(N)(=O)=O)COC(Nc2ccccc2)=N1. The number of anilines is 1. The van der Waals surface area contributed by atoms with E-state index in [-0.39, 0.29) is 6.02 Å². The fourth-order valence-electron chi connectivity index (χ4n) is 1.52. The number of rotatable bonds is 3.